The molecule has 0 rings (SSSR count). The van der Waals surface area contributed by atoms with Gasteiger partial charge < -0.3 is 0 Å². The van der Waals surface area contributed by atoms with Crippen LogP contribution >= 0.6 is 0 Å². The Bertz CT molecular complexity index is 796. The van der Waals surface area contributed by atoms with Crippen molar-refractivity contribution >= 4 is 115 Å². The van der Waals surface area contributed by atoms with Crippen molar-refractivity contribution in [2.45, 2.75) is 0 Å². The molecule has 0 amide bonds. The van der Waals surface area contributed by atoms with E-state index in [1.165, 1.54) is 0 Å². The van der Waals surface area contributed by atoms with E-state index < -0.39 is 115 Å². The molecular weight excluding hydrogens is 1310 g/mol. The van der Waals surface area contributed by atoms with Crippen LogP contribution < -0.4 is 198 Å². The van der Waals surface area contributed by atoms with Gasteiger partial charge in [-0.25, -0.2) is 0 Å². The molecule has 0 saturated carbocycles. The number of rotatable bonds is 0. The molecule has 0 spiro atoms. The molecule has 0 aromatic rings. The summed E-state index contributed by atoms with van der Waals surface area (Å²) >= 11 is -37.6. The molecule has 0 aliphatic rings. The summed E-state index contributed by atoms with van der Waals surface area (Å²) in [5, 5.41) is 0. The van der Waals surface area contributed by atoms with Gasteiger partial charge in [0.2, 0.25) is 0 Å². The largest absolute Gasteiger partial charge is 1.00 e. The van der Waals surface area contributed by atoms with Crippen LogP contribution in [0.1, 0.15) is 0 Å². The third kappa shape index (κ3) is 1170. The van der Waals surface area contributed by atoms with Crippen LogP contribution in [0.4, 0.5) is 17.4 Å². The fourth-order valence-electron chi connectivity index (χ4n) is 0. The Balaban J connectivity index is -0.0000000186. The SMILES string of the molecule is O=[Te](=O)([O-])F.O=[Te](=O)([O-])F.O=[Te](=O)([O-])F.O=[Te](=O)([O-])F.O=[Te](=O)([O-])F.O=[Te](=O)([O-])F.[Na+].[Na+].[Na+].[Na+].[Na+].[Na+]. The minimum atomic E-state index is -6.27. The molecular formula is F6Na6O18Te6. The molecule has 0 saturated heterocycles. The van der Waals surface area contributed by atoms with Crippen molar-refractivity contribution in [2.24, 2.45) is 0 Å². The Morgan fingerprint density at radius 1 is 0.250 bits per heavy atom. The fraction of sp³-hybridized carbons (Fsp3) is 0. The molecule has 0 aromatic heterocycles. The van der Waals surface area contributed by atoms with E-state index in [1.807, 2.05) is 0 Å². The average molecular weight is 1310 g/mol. The maximum atomic E-state index is 10.2. The topological polar surface area (TPSA) is 343 Å². The maximum absolute atomic E-state index is 10.2. The molecule has 0 radical (unpaired) electrons. The first-order chi connectivity index (χ1) is 12.0. The second-order valence-corrected chi connectivity index (χ2v) is 15.8. The summed E-state index contributed by atoms with van der Waals surface area (Å²) in [6.45, 7) is 0. The summed E-state index contributed by atoms with van der Waals surface area (Å²) in [6.07, 6.45) is 0. The molecule has 0 unspecified atom stereocenters. The van der Waals surface area contributed by atoms with Crippen molar-refractivity contribution in [3.63, 3.8) is 0 Å². The van der Waals surface area contributed by atoms with Crippen molar-refractivity contribution in [1.82, 2.24) is 0 Å². The molecule has 0 fully saturated rings. The average Bonchev–Trinajstić information content (AvgIpc) is 1.94. The quantitative estimate of drug-likeness (QED) is 0.161. The van der Waals surface area contributed by atoms with Gasteiger partial charge in [0.25, 0.3) is 0 Å². The van der Waals surface area contributed by atoms with Crippen LogP contribution in [0.15, 0.2) is 0 Å². The number of halogens is 6. The van der Waals surface area contributed by atoms with E-state index in [4.69, 9.17) is 58.1 Å². The standard InChI is InChI=1S/6FHO3Te.6Na/c6*1-5(2,3)4;;;;;;/h6*(H,2,3,4);;;;;;/q;;;;;;6*+1/p-6. The van der Waals surface area contributed by atoms with Crippen molar-refractivity contribution in [3.05, 3.63) is 0 Å². The maximum Gasteiger partial charge on any atom is 1.00 e. The van der Waals surface area contributed by atoms with Gasteiger partial charge in [-0.15, -0.1) is 0 Å². The van der Waals surface area contributed by atoms with Gasteiger partial charge in [0.05, 0.1) is 0 Å². The van der Waals surface area contributed by atoms with Gasteiger partial charge in [-0.2, -0.15) is 0 Å². The van der Waals surface area contributed by atoms with Crippen LogP contribution in [0.2, 0.25) is 0 Å². The third-order valence-corrected chi connectivity index (χ3v) is 0. The van der Waals surface area contributed by atoms with E-state index in [0.717, 1.165) is 0 Å². The van der Waals surface area contributed by atoms with Crippen LogP contribution in [0.25, 0.3) is 0 Å². The number of hydrogen-bond acceptors (Lipinski definition) is 18. The van der Waals surface area contributed by atoms with Gasteiger partial charge >= 0.3 is 368 Å². The van der Waals surface area contributed by atoms with Crippen molar-refractivity contribution in [1.29, 1.82) is 0 Å². The third-order valence-electron chi connectivity index (χ3n) is 0. The molecule has 0 aromatic carbocycles. The second-order valence-electron chi connectivity index (χ2n) is 2.36. The van der Waals surface area contributed by atoms with E-state index in [-0.39, 0.29) is 177 Å². The Morgan fingerprint density at radius 3 is 0.250 bits per heavy atom. The van der Waals surface area contributed by atoms with Crippen molar-refractivity contribution in [2.75, 3.05) is 0 Å². The summed E-state index contributed by atoms with van der Waals surface area (Å²) in [5.41, 5.74) is 0. The fourth-order valence-corrected chi connectivity index (χ4v) is 0. The van der Waals surface area contributed by atoms with Gasteiger partial charge in [0.15, 0.2) is 0 Å². The molecule has 0 atom stereocenters. The molecule has 0 aliphatic heterocycles. The van der Waals surface area contributed by atoms with E-state index in [1.54, 1.807) is 0 Å². The van der Waals surface area contributed by atoms with E-state index in [2.05, 4.69) is 0 Å². The molecule has 0 bridgehead atoms. The molecule has 0 heterocycles. The first kappa shape index (κ1) is 79.3. The first-order valence-electron chi connectivity index (χ1n) is 3.93. The molecule has 0 aliphatic carbocycles. The summed E-state index contributed by atoms with van der Waals surface area (Å²) in [5.74, 6) is 0. The summed E-state index contributed by atoms with van der Waals surface area (Å²) in [7, 11) is 0. The predicted octanol–water partition coefficient (Wildman–Crippen LogP) is -26.3. The van der Waals surface area contributed by atoms with Crippen molar-refractivity contribution in [3.8, 4) is 0 Å². The minimum Gasteiger partial charge on any atom is 1.00 e. The van der Waals surface area contributed by atoms with Crippen LogP contribution in [-0.2, 0) is 37.3 Å². The van der Waals surface area contributed by atoms with Gasteiger partial charge in [-0.3, -0.25) is 0 Å². The molecule has 36 heavy (non-hydrogen) atoms. The Hall–Kier alpha value is 7.68. The summed E-state index contributed by atoms with van der Waals surface area (Å²) < 4.78 is 215. The Labute approximate surface area is 357 Å². The molecule has 18 nitrogen and oxygen atoms in total. The van der Waals surface area contributed by atoms with E-state index in [9.17, 15) is 17.4 Å². The Morgan fingerprint density at radius 2 is 0.250 bits per heavy atom. The van der Waals surface area contributed by atoms with Crippen LogP contribution in [0.5, 0.6) is 0 Å². The smallest absolute Gasteiger partial charge is 1.00 e. The predicted molar refractivity (Wildman–Crippen MR) is 49.4 cm³/mol. The normalized spacial score (nSPS) is 9.67. The van der Waals surface area contributed by atoms with Crippen LogP contribution in [0.3, 0.4) is 0 Å². The summed E-state index contributed by atoms with van der Waals surface area (Å²) in [6, 6.07) is 0. The van der Waals surface area contributed by atoms with Crippen LogP contribution in [-0.4, -0.2) is 115 Å². The van der Waals surface area contributed by atoms with E-state index in [0.29, 0.717) is 0 Å². The zero-order valence-corrected chi connectivity index (χ0v) is 44.0. The molecule has 192 valence electrons. The molecule has 36 heteroatoms. The molecule has 0 N–H and O–H groups in total. The van der Waals surface area contributed by atoms with Gasteiger partial charge in [0.1, 0.15) is 0 Å². The zero-order valence-electron chi connectivity index (χ0n) is 18.1. The number of hydrogen-bond donors (Lipinski definition) is 0. The summed E-state index contributed by atoms with van der Waals surface area (Å²) in [4.78, 5) is 0. The first-order valence-corrected chi connectivity index (χ1v) is 26.3. The van der Waals surface area contributed by atoms with Crippen LogP contribution in [0, 0.1) is 0 Å². The van der Waals surface area contributed by atoms with Gasteiger partial charge in [-0.1, -0.05) is 0 Å². The Kier molecular flexibility index (Phi) is 85.6. The monoisotopic (exact) mass is 1320 g/mol. The van der Waals surface area contributed by atoms with E-state index >= 15 is 0 Å². The van der Waals surface area contributed by atoms with Gasteiger partial charge in [-0.05, 0) is 0 Å². The zero-order chi connectivity index (χ0) is 27.0. The minimum absolute atomic E-state index is 0. The second kappa shape index (κ2) is 38.9. The van der Waals surface area contributed by atoms with Crippen molar-refractivity contribution < 1.29 is 253 Å². The van der Waals surface area contributed by atoms with Gasteiger partial charge in [0, 0.05) is 0 Å².